The molecule has 130 valence electrons. The molecule has 1 amide bonds. The SMILES string of the molecule is COc1ccc(NC(=O)COC(=O)/C=C/c2ccc(F)cc2)cc1Cl. The van der Waals surface area contributed by atoms with E-state index in [4.69, 9.17) is 21.1 Å². The number of methoxy groups -OCH3 is 1. The lowest BCUT2D eigenvalue weighted by molar-refractivity contribution is -0.142. The van der Waals surface area contributed by atoms with Gasteiger partial charge in [0.15, 0.2) is 6.61 Å². The molecule has 0 unspecified atom stereocenters. The molecule has 0 fully saturated rings. The van der Waals surface area contributed by atoms with Gasteiger partial charge in [0.2, 0.25) is 0 Å². The van der Waals surface area contributed by atoms with Crippen LogP contribution >= 0.6 is 11.6 Å². The van der Waals surface area contributed by atoms with E-state index in [1.165, 1.54) is 43.5 Å². The van der Waals surface area contributed by atoms with E-state index >= 15 is 0 Å². The zero-order valence-corrected chi connectivity index (χ0v) is 14.0. The Labute approximate surface area is 149 Å². The van der Waals surface area contributed by atoms with Crippen LogP contribution in [0.15, 0.2) is 48.5 Å². The molecule has 0 saturated heterocycles. The molecule has 0 heterocycles. The summed E-state index contributed by atoms with van der Waals surface area (Å²) in [4.78, 5) is 23.3. The fourth-order valence-electron chi connectivity index (χ4n) is 1.86. The molecule has 0 atom stereocenters. The lowest BCUT2D eigenvalue weighted by Crippen LogP contribution is -2.20. The van der Waals surface area contributed by atoms with Gasteiger partial charge in [0.1, 0.15) is 11.6 Å². The Bertz CT molecular complexity index is 790. The van der Waals surface area contributed by atoms with Crippen molar-refractivity contribution in [2.24, 2.45) is 0 Å². The van der Waals surface area contributed by atoms with Crippen molar-refractivity contribution in [2.75, 3.05) is 19.0 Å². The second kappa shape index (κ2) is 8.84. The normalized spacial score (nSPS) is 10.5. The number of benzene rings is 2. The average molecular weight is 364 g/mol. The van der Waals surface area contributed by atoms with Gasteiger partial charge in [-0.05, 0) is 42.0 Å². The first kappa shape index (κ1) is 18.5. The predicted molar refractivity (Wildman–Crippen MR) is 93.0 cm³/mol. The Balaban J connectivity index is 1.82. The topological polar surface area (TPSA) is 64.6 Å². The number of anilines is 1. The van der Waals surface area contributed by atoms with Crippen LogP contribution in [0.4, 0.5) is 10.1 Å². The Morgan fingerprint density at radius 1 is 1.20 bits per heavy atom. The Kier molecular flexibility index (Phi) is 6.54. The molecule has 0 aliphatic carbocycles. The molecule has 0 saturated carbocycles. The van der Waals surface area contributed by atoms with Crippen molar-refractivity contribution in [3.63, 3.8) is 0 Å². The molecule has 0 aliphatic rings. The van der Waals surface area contributed by atoms with Gasteiger partial charge in [0.25, 0.3) is 5.91 Å². The smallest absolute Gasteiger partial charge is 0.331 e. The van der Waals surface area contributed by atoms with E-state index in [0.717, 1.165) is 6.08 Å². The highest BCUT2D eigenvalue weighted by Gasteiger charge is 2.08. The minimum atomic E-state index is -0.688. The van der Waals surface area contributed by atoms with Crippen LogP contribution in [0.1, 0.15) is 5.56 Å². The largest absolute Gasteiger partial charge is 0.495 e. The number of amides is 1. The molecule has 0 aromatic heterocycles. The van der Waals surface area contributed by atoms with E-state index < -0.39 is 18.5 Å². The van der Waals surface area contributed by atoms with Crippen molar-refractivity contribution in [2.45, 2.75) is 0 Å². The molecule has 25 heavy (non-hydrogen) atoms. The van der Waals surface area contributed by atoms with Gasteiger partial charge in [-0.3, -0.25) is 4.79 Å². The summed E-state index contributed by atoms with van der Waals surface area (Å²) in [7, 11) is 1.48. The van der Waals surface area contributed by atoms with Crippen molar-refractivity contribution < 1.29 is 23.5 Å². The van der Waals surface area contributed by atoms with Crippen molar-refractivity contribution in [1.29, 1.82) is 0 Å². The second-order valence-corrected chi connectivity index (χ2v) is 5.30. The molecular formula is C18H15ClFNO4. The van der Waals surface area contributed by atoms with Gasteiger partial charge in [-0.25, -0.2) is 9.18 Å². The van der Waals surface area contributed by atoms with Gasteiger partial charge in [-0.2, -0.15) is 0 Å². The summed E-state index contributed by atoms with van der Waals surface area (Å²) >= 11 is 5.96. The van der Waals surface area contributed by atoms with Gasteiger partial charge in [-0.15, -0.1) is 0 Å². The summed E-state index contributed by atoms with van der Waals surface area (Å²) in [6.45, 7) is -0.448. The summed E-state index contributed by atoms with van der Waals surface area (Å²) in [5.74, 6) is -1.08. The van der Waals surface area contributed by atoms with Crippen LogP contribution in [0, 0.1) is 5.82 Å². The minimum Gasteiger partial charge on any atom is -0.495 e. The number of halogens is 2. The lowest BCUT2D eigenvalue weighted by Gasteiger charge is -2.08. The molecule has 0 spiro atoms. The Morgan fingerprint density at radius 3 is 2.56 bits per heavy atom. The van der Waals surface area contributed by atoms with Crippen LogP contribution in [0.25, 0.3) is 6.08 Å². The summed E-state index contributed by atoms with van der Waals surface area (Å²) in [6, 6.07) is 10.3. The summed E-state index contributed by atoms with van der Waals surface area (Å²) in [5, 5.41) is 2.89. The third-order valence-corrected chi connectivity index (χ3v) is 3.36. The highest BCUT2D eigenvalue weighted by atomic mass is 35.5. The van der Waals surface area contributed by atoms with E-state index in [9.17, 15) is 14.0 Å². The number of esters is 1. The first-order chi connectivity index (χ1) is 12.0. The van der Waals surface area contributed by atoms with Crippen LogP contribution < -0.4 is 10.1 Å². The van der Waals surface area contributed by atoms with Crippen LogP contribution in [0.2, 0.25) is 5.02 Å². The maximum absolute atomic E-state index is 12.8. The third-order valence-electron chi connectivity index (χ3n) is 3.06. The molecule has 0 aliphatic heterocycles. The maximum Gasteiger partial charge on any atom is 0.331 e. The molecule has 0 radical (unpaired) electrons. The molecule has 5 nitrogen and oxygen atoms in total. The number of nitrogens with one attached hydrogen (secondary N) is 1. The number of ether oxygens (including phenoxy) is 2. The summed E-state index contributed by atoms with van der Waals surface area (Å²) in [6.07, 6.45) is 2.62. The van der Waals surface area contributed by atoms with Crippen LogP contribution in [0.5, 0.6) is 5.75 Å². The van der Waals surface area contributed by atoms with Crippen molar-refractivity contribution >= 4 is 35.2 Å². The number of rotatable bonds is 6. The van der Waals surface area contributed by atoms with E-state index in [1.54, 1.807) is 12.1 Å². The molecule has 1 N–H and O–H groups in total. The average Bonchev–Trinajstić information content (AvgIpc) is 2.59. The van der Waals surface area contributed by atoms with E-state index in [1.807, 2.05) is 0 Å². The molecule has 2 rings (SSSR count). The predicted octanol–water partition coefficient (Wildman–Crippen LogP) is 3.68. The second-order valence-electron chi connectivity index (χ2n) is 4.89. The monoisotopic (exact) mass is 363 g/mol. The zero-order valence-electron chi connectivity index (χ0n) is 13.3. The van der Waals surface area contributed by atoms with Gasteiger partial charge < -0.3 is 14.8 Å². The minimum absolute atomic E-state index is 0.347. The number of carbonyl (C=O) groups excluding carboxylic acids is 2. The van der Waals surface area contributed by atoms with Crippen LogP contribution in [-0.4, -0.2) is 25.6 Å². The molecule has 7 heteroatoms. The molecule has 2 aromatic carbocycles. The van der Waals surface area contributed by atoms with Gasteiger partial charge >= 0.3 is 5.97 Å². The van der Waals surface area contributed by atoms with E-state index in [-0.39, 0.29) is 5.82 Å². The van der Waals surface area contributed by atoms with Gasteiger partial charge in [0, 0.05) is 11.8 Å². The van der Waals surface area contributed by atoms with Gasteiger partial charge in [0.05, 0.1) is 12.1 Å². The van der Waals surface area contributed by atoms with E-state index in [2.05, 4.69) is 5.32 Å². The Morgan fingerprint density at radius 2 is 1.92 bits per heavy atom. The highest BCUT2D eigenvalue weighted by Crippen LogP contribution is 2.27. The summed E-state index contributed by atoms with van der Waals surface area (Å²) < 4.78 is 22.6. The van der Waals surface area contributed by atoms with Crippen LogP contribution in [-0.2, 0) is 14.3 Å². The standard InChI is InChI=1S/C18H15ClFNO4/c1-24-16-8-7-14(10-15(16)19)21-17(22)11-25-18(23)9-4-12-2-5-13(20)6-3-12/h2-10H,11H2,1H3,(H,21,22)/b9-4+. The number of carbonyl (C=O) groups is 2. The number of hydrogen-bond donors (Lipinski definition) is 1. The fraction of sp³-hybridized carbons (Fsp3) is 0.111. The first-order valence-electron chi connectivity index (χ1n) is 7.22. The Hall–Kier alpha value is -2.86. The van der Waals surface area contributed by atoms with Crippen LogP contribution in [0.3, 0.4) is 0 Å². The number of hydrogen-bond acceptors (Lipinski definition) is 4. The van der Waals surface area contributed by atoms with Crippen molar-refractivity contribution in [1.82, 2.24) is 0 Å². The lowest BCUT2D eigenvalue weighted by atomic mass is 10.2. The molecule has 2 aromatic rings. The summed E-state index contributed by atoms with van der Waals surface area (Å²) in [5.41, 5.74) is 1.09. The molecule has 0 bridgehead atoms. The molecular weight excluding hydrogens is 349 g/mol. The third kappa shape index (κ3) is 5.93. The highest BCUT2D eigenvalue weighted by molar-refractivity contribution is 6.32. The van der Waals surface area contributed by atoms with Crippen molar-refractivity contribution in [3.05, 3.63) is 64.9 Å². The van der Waals surface area contributed by atoms with E-state index in [0.29, 0.717) is 22.0 Å². The fourth-order valence-corrected chi connectivity index (χ4v) is 2.12. The van der Waals surface area contributed by atoms with Gasteiger partial charge in [-0.1, -0.05) is 23.7 Å². The quantitative estimate of drug-likeness (QED) is 0.628. The first-order valence-corrected chi connectivity index (χ1v) is 7.59. The maximum atomic E-state index is 12.8. The zero-order chi connectivity index (χ0) is 18.2. The van der Waals surface area contributed by atoms with Crippen molar-refractivity contribution in [3.8, 4) is 5.75 Å².